The Labute approximate surface area is 200 Å². The molecule has 2 saturated heterocycles. The highest BCUT2D eigenvalue weighted by Crippen LogP contribution is 2.28. The molecule has 184 valence electrons. The molecule has 5 N–H and O–H groups in total. The molecule has 2 aliphatic heterocycles. The molecule has 0 unspecified atom stereocenters. The standard InChI is InChI=1S/C24H36N8O2/c25-15-19(16-27-17-6-11-33-12-7-17)29-24-30-22-21(5-8-26-22)23(31-24)28-18-1-3-20(4-2-18)32-9-13-34-14-10-32/h5,8,15-18,20,25,27H,1-4,6-7,9-14H2,(H3,26,28,29,30,31)/b19-16+,25-15?/t18-,20-. The maximum Gasteiger partial charge on any atom is 0.231 e. The minimum Gasteiger partial charge on any atom is -0.386 e. The minimum atomic E-state index is 0.363. The Balaban J connectivity index is 1.23. The van der Waals surface area contributed by atoms with Crippen molar-refractivity contribution in [1.82, 2.24) is 25.2 Å². The van der Waals surface area contributed by atoms with E-state index in [1.54, 1.807) is 0 Å². The summed E-state index contributed by atoms with van der Waals surface area (Å²) in [6.07, 6.45) is 11.6. The predicted molar refractivity (Wildman–Crippen MR) is 133 cm³/mol. The number of H-pyrrole nitrogens is 1. The number of hydrogen-bond donors (Lipinski definition) is 5. The first-order valence-corrected chi connectivity index (χ1v) is 12.5. The van der Waals surface area contributed by atoms with Gasteiger partial charge in [0.1, 0.15) is 11.5 Å². The van der Waals surface area contributed by atoms with Crippen molar-refractivity contribution in [2.45, 2.75) is 56.7 Å². The van der Waals surface area contributed by atoms with Crippen LogP contribution in [0, 0.1) is 5.41 Å². The normalized spacial score (nSPS) is 25.2. The number of nitrogens with zero attached hydrogens (tertiary/aromatic N) is 3. The van der Waals surface area contributed by atoms with E-state index in [9.17, 15) is 0 Å². The maximum absolute atomic E-state index is 7.81. The van der Waals surface area contributed by atoms with Gasteiger partial charge in [0, 0.05) is 63.0 Å². The number of fused-ring (bicyclic) bond motifs is 1. The smallest absolute Gasteiger partial charge is 0.231 e. The van der Waals surface area contributed by atoms with E-state index in [-0.39, 0.29) is 0 Å². The molecule has 10 heteroatoms. The van der Waals surface area contributed by atoms with Crippen molar-refractivity contribution in [3.8, 4) is 0 Å². The molecule has 4 heterocycles. The molecule has 1 saturated carbocycles. The Kier molecular flexibility index (Phi) is 7.57. The zero-order valence-electron chi connectivity index (χ0n) is 19.7. The molecule has 0 amide bonds. The summed E-state index contributed by atoms with van der Waals surface area (Å²) >= 11 is 0. The predicted octanol–water partition coefficient (Wildman–Crippen LogP) is 2.68. The van der Waals surface area contributed by atoms with Gasteiger partial charge in [0.15, 0.2) is 0 Å². The molecule has 0 radical (unpaired) electrons. The highest BCUT2D eigenvalue weighted by atomic mass is 16.5. The first kappa shape index (κ1) is 23.1. The molecule has 10 nitrogen and oxygen atoms in total. The lowest BCUT2D eigenvalue weighted by Crippen LogP contribution is -2.46. The third kappa shape index (κ3) is 5.68. The topological polar surface area (TPSA) is 123 Å². The van der Waals surface area contributed by atoms with E-state index >= 15 is 0 Å². The van der Waals surface area contributed by atoms with Crippen LogP contribution in [0.1, 0.15) is 38.5 Å². The number of anilines is 2. The first-order valence-electron chi connectivity index (χ1n) is 12.5. The minimum absolute atomic E-state index is 0.363. The largest absolute Gasteiger partial charge is 0.386 e. The fourth-order valence-corrected chi connectivity index (χ4v) is 5.14. The van der Waals surface area contributed by atoms with Crippen molar-refractivity contribution < 1.29 is 9.47 Å². The van der Waals surface area contributed by atoms with Crippen LogP contribution in [0.4, 0.5) is 11.8 Å². The number of aromatic nitrogens is 3. The SMILES string of the molecule is N=C/C(=C\NC1CCOCC1)Nc1nc(N[C@H]2CC[C@H](N3CCOCC3)CC2)c2cc[nH]c2n1. The third-order valence-corrected chi connectivity index (χ3v) is 7.12. The van der Waals surface area contributed by atoms with E-state index in [0.29, 0.717) is 29.8 Å². The summed E-state index contributed by atoms with van der Waals surface area (Å²) in [5, 5.41) is 19.1. The lowest BCUT2D eigenvalue weighted by Gasteiger charge is -2.39. The van der Waals surface area contributed by atoms with Gasteiger partial charge in [-0.1, -0.05) is 0 Å². The lowest BCUT2D eigenvalue weighted by molar-refractivity contribution is 0.00791. The molecule has 0 bridgehead atoms. The van der Waals surface area contributed by atoms with Gasteiger partial charge in [-0.05, 0) is 44.6 Å². The van der Waals surface area contributed by atoms with Crippen LogP contribution in [-0.4, -0.2) is 83.7 Å². The number of rotatable bonds is 8. The van der Waals surface area contributed by atoms with Crippen LogP contribution in [0.5, 0.6) is 0 Å². The molecule has 0 spiro atoms. The monoisotopic (exact) mass is 468 g/mol. The summed E-state index contributed by atoms with van der Waals surface area (Å²) in [5.74, 6) is 1.31. The Bertz CT molecular complexity index is 973. The molecule has 5 rings (SSSR count). The second kappa shape index (κ2) is 11.2. The number of allylic oxidation sites excluding steroid dienone is 1. The van der Waals surface area contributed by atoms with Crippen LogP contribution in [-0.2, 0) is 9.47 Å². The third-order valence-electron chi connectivity index (χ3n) is 7.12. The van der Waals surface area contributed by atoms with Gasteiger partial charge in [-0.15, -0.1) is 0 Å². The second-order valence-corrected chi connectivity index (χ2v) is 9.36. The molecule has 0 atom stereocenters. The van der Waals surface area contributed by atoms with Crippen LogP contribution < -0.4 is 16.0 Å². The highest BCUT2D eigenvalue weighted by molar-refractivity contribution is 5.89. The van der Waals surface area contributed by atoms with Crippen LogP contribution in [0.25, 0.3) is 11.0 Å². The zero-order chi connectivity index (χ0) is 23.2. The van der Waals surface area contributed by atoms with Gasteiger partial charge in [-0.3, -0.25) is 4.90 Å². The fourth-order valence-electron chi connectivity index (χ4n) is 5.14. The average molecular weight is 469 g/mol. The van der Waals surface area contributed by atoms with E-state index in [0.717, 1.165) is 82.1 Å². The van der Waals surface area contributed by atoms with Crippen LogP contribution in [0.3, 0.4) is 0 Å². The number of aromatic amines is 1. The van der Waals surface area contributed by atoms with Crippen LogP contribution in [0.2, 0.25) is 0 Å². The van der Waals surface area contributed by atoms with Gasteiger partial charge in [0.2, 0.25) is 5.95 Å². The Morgan fingerprint density at radius 1 is 1.00 bits per heavy atom. The molecular weight excluding hydrogens is 432 g/mol. The zero-order valence-corrected chi connectivity index (χ0v) is 19.7. The van der Waals surface area contributed by atoms with Crippen molar-refractivity contribution >= 4 is 29.0 Å². The average Bonchev–Trinajstić information content (AvgIpc) is 3.37. The lowest BCUT2D eigenvalue weighted by atomic mass is 9.90. The van der Waals surface area contributed by atoms with E-state index in [2.05, 4.69) is 30.8 Å². The van der Waals surface area contributed by atoms with Crippen molar-refractivity contribution in [1.29, 1.82) is 5.41 Å². The first-order chi connectivity index (χ1) is 16.8. The van der Waals surface area contributed by atoms with Gasteiger partial charge in [-0.25, -0.2) is 0 Å². The number of morpholine rings is 1. The van der Waals surface area contributed by atoms with E-state index in [4.69, 9.17) is 19.9 Å². The summed E-state index contributed by atoms with van der Waals surface area (Å²) in [4.78, 5) is 15.2. The second-order valence-electron chi connectivity index (χ2n) is 9.36. The molecule has 3 aliphatic rings. The molecule has 34 heavy (non-hydrogen) atoms. The molecule has 0 aromatic carbocycles. The quantitative estimate of drug-likeness (QED) is 0.375. The summed E-state index contributed by atoms with van der Waals surface area (Å²) in [5.41, 5.74) is 1.40. The Morgan fingerprint density at radius 3 is 2.53 bits per heavy atom. The van der Waals surface area contributed by atoms with Gasteiger partial charge in [0.05, 0.1) is 24.3 Å². The Morgan fingerprint density at radius 2 is 1.76 bits per heavy atom. The summed E-state index contributed by atoms with van der Waals surface area (Å²) in [6.45, 7) is 5.37. The van der Waals surface area contributed by atoms with Gasteiger partial charge < -0.3 is 35.8 Å². The van der Waals surface area contributed by atoms with Crippen molar-refractivity contribution in [3.63, 3.8) is 0 Å². The summed E-state index contributed by atoms with van der Waals surface area (Å²) < 4.78 is 10.9. The Hall–Kier alpha value is -2.69. The molecular formula is C24H36N8O2. The highest BCUT2D eigenvalue weighted by Gasteiger charge is 2.27. The molecule has 2 aromatic rings. The molecule has 2 aromatic heterocycles. The van der Waals surface area contributed by atoms with Crippen molar-refractivity contribution in [3.05, 3.63) is 24.2 Å². The van der Waals surface area contributed by atoms with Crippen LogP contribution >= 0.6 is 0 Å². The van der Waals surface area contributed by atoms with Gasteiger partial charge in [0.25, 0.3) is 0 Å². The molecule has 3 fully saturated rings. The van der Waals surface area contributed by atoms with E-state index in [1.165, 1.54) is 19.1 Å². The van der Waals surface area contributed by atoms with E-state index < -0.39 is 0 Å². The number of ether oxygens (including phenoxy) is 2. The summed E-state index contributed by atoms with van der Waals surface area (Å²) in [7, 11) is 0. The number of hydrogen-bond acceptors (Lipinski definition) is 9. The number of nitrogens with one attached hydrogen (secondary N) is 5. The van der Waals surface area contributed by atoms with Crippen molar-refractivity contribution in [2.24, 2.45) is 0 Å². The molecule has 1 aliphatic carbocycles. The maximum atomic E-state index is 7.81. The van der Waals surface area contributed by atoms with E-state index in [1.807, 2.05) is 18.5 Å². The fraction of sp³-hybridized carbons (Fsp3) is 0.625. The summed E-state index contributed by atoms with van der Waals surface area (Å²) in [6, 6.07) is 3.44. The van der Waals surface area contributed by atoms with Crippen LogP contribution in [0.15, 0.2) is 24.2 Å². The van der Waals surface area contributed by atoms with Gasteiger partial charge >= 0.3 is 0 Å². The van der Waals surface area contributed by atoms with Crippen molar-refractivity contribution in [2.75, 3.05) is 50.2 Å². The van der Waals surface area contributed by atoms with Gasteiger partial charge in [-0.2, -0.15) is 9.97 Å².